The lowest BCUT2D eigenvalue weighted by atomic mass is 10.1. The van der Waals surface area contributed by atoms with Crippen LogP contribution < -0.4 is 11.1 Å². The molecular weight excluding hydrogens is 268 g/mol. The average Bonchev–Trinajstić information content (AvgIpc) is 2.95. The van der Waals surface area contributed by atoms with Crippen LogP contribution in [0.25, 0.3) is 0 Å². The van der Waals surface area contributed by atoms with Crippen molar-refractivity contribution >= 4 is 11.7 Å². The minimum absolute atomic E-state index is 0.275. The maximum atomic E-state index is 12.1. The van der Waals surface area contributed by atoms with Gasteiger partial charge in [-0.05, 0) is 12.0 Å². The molecule has 1 atom stereocenters. The number of hydrogen-bond acceptors (Lipinski definition) is 4. The molecule has 0 radical (unpaired) electrons. The molecular formula is C15H20N4O2. The van der Waals surface area contributed by atoms with Crippen LogP contribution in [-0.2, 0) is 16.1 Å². The van der Waals surface area contributed by atoms with Gasteiger partial charge in [-0.25, -0.2) is 0 Å². The standard InChI is InChI=1S/C15H20N4O2/c1-21-11-5-9-19-10-8-13(18-19)17-15(20)14(16)12-6-3-2-4-7-12/h2-4,6-8,10,14H,5,9,11,16H2,1H3,(H,17,18,20). The SMILES string of the molecule is COCCCn1ccc(NC(=O)C(N)c2ccccc2)n1. The summed E-state index contributed by atoms with van der Waals surface area (Å²) in [6.45, 7) is 1.43. The second-order valence-corrected chi connectivity index (χ2v) is 4.69. The summed E-state index contributed by atoms with van der Waals surface area (Å²) in [4.78, 5) is 12.1. The van der Waals surface area contributed by atoms with E-state index in [1.807, 2.05) is 36.5 Å². The van der Waals surface area contributed by atoms with Crippen LogP contribution in [0.4, 0.5) is 5.82 Å². The Morgan fingerprint density at radius 1 is 1.38 bits per heavy atom. The van der Waals surface area contributed by atoms with Crippen molar-refractivity contribution in [1.29, 1.82) is 0 Å². The largest absolute Gasteiger partial charge is 0.385 e. The summed E-state index contributed by atoms with van der Waals surface area (Å²) in [5.74, 6) is 0.229. The third kappa shape index (κ3) is 4.40. The van der Waals surface area contributed by atoms with Crippen LogP contribution in [-0.4, -0.2) is 29.4 Å². The Hall–Kier alpha value is -2.18. The topological polar surface area (TPSA) is 82.2 Å². The van der Waals surface area contributed by atoms with Crippen molar-refractivity contribution < 1.29 is 9.53 Å². The normalized spacial score (nSPS) is 12.1. The van der Waals surface area contributed by atoms with E-state index in [-0.39, 0.29) is 5.91 Å². The molecule has 6 nitrogen and oxygen atoms in total. The number of benzene rings is 1. The van der Waals surface area contributed by atoms with Gasteiger partial charge in [-0.3, -0.25) is 9.48 Å². The number of ether oxygens (including phenoxy) is 1. The van der Waals surface area contributed by atoms with Crippen molar-refractivity contribution in [3.63, 3.8) is 0 Å². The summed E-state index contributed by atoms with van der Waals surface area (Å²) in [5, 5.41) is 7.00. The second kappa shape index (κ2) is 7.56. The number of anilines is 1. The molecule has 1 heterocycles. The molecule has 21 heavy (non-hydrogen) atoms. The van der Waals surface area contributed by atoms with Gasteiger partial charge in [-0.2, -0.15) is 5.10 Å². The van der Waals surface area contributed by atoms with Gasteiger partial charge in [0.1, 0.15) is 6.04 Å². The van der Waals surface area contributed by atoms with Gasteiger partial charge in [0, 0.05) is 32.5 Å². The van der Waals surface area contributed by atoms with Gasteiger partial charge in [0.2, 0.25) is 5.91 Å². The summed E-state index contributed by atoms with van der Waals surface area (Å²) in [6, 6.07) is 10.3. The van der Waals surface area contributed by atoms with Crippen molar-refractivity contribution in [3.05, 3.63) is 48.2 Å². The van der Waals surface area contributed by atoms with Crippen LogP contribution in [0.2, 0.25) is 0 Å². The highest BCUT2D eigenvalue weighted by Gasteiger charge is 2.16. The van der Waals surface area contributed by atoms with Crippen LogP contribution in [0, 0.1) is 0 Å². The van der Waals surface area contributed by atoms with E-state index in [0.29, 0.717) is 12.4 Å². The monoisotopic (exact) mass is 288 g/mol. The summed E-state index contributed by atoms with van der Waals surface area (Å²) >= 11 is 0. The maximum absolute atomic E-state index is 12.1. The maximum Gasteiger partial charge on any atom is 0.247 e. The molecule has 0 fully saturated rings. The predicted molar refractivity (Wildman–Crippen MR) is 80.7 cm³/mol. The highest BCUT2D eigenvalue weighted by atomic mass is 16.5. The quantitative estimate of drug-likeness (QED) is 0.757. The molecule has 0 saturated carbocycles. The van der Waals surface area contributed by atoms with E-state index in [9.17, 15) is 4.79 Å². The Balaban J connectivity index is 1.90. The van der Waals surface area contributed by atoms with Gasteiger partial charge in [0.25, 0.3) is 0 Å². The van der Waals surface area contributed by atoms with E-state index in [4.69, 9.17) is 10.5 Å². The molecule has 0 saturated heterocycles. The molecule has 0 bridgehead atoms. The third-order valence-electron chi connectivity index (χ3n) is 3.07. The van der Waals surface area contributed by atoms with E-state index in [0.717, 1.165) is 18.5 Å². The Labute approximate surface area is 123 Å². The minimum Gasteiger partial charge on any atom is -0.385 e. The lowest BCUT2D eigenvalue weighted by Gasteiger charge is -2.10. The molecule has 1 aromatic heterocycles. The summed E-state index contributed by atoms with van der Waals surface area (Å²) in [6.07, 6.45) is 2.69. The summed E-state index contributed by atoms with van der Waals surface area (Å²) in [5.41, 5.74) is 6.70. The Morgan fingerprint density at radius 3 is 2.86 bits per heavy atom. The molecule has 0 aliphatic heterocycles. The van der Waals surface area contributed by atoms with Gasteiger partial charge in [0.15, 0.2) is 5.82 Å². The first kappa shape index (κ1) is 15.2. The van der Waals surface area contributed by atoms with E-state index in [2.05, 4.69) is 10.4 Å². The molecule has 1 aromatic carbocycles. The predicted octanol–water partition coefficient (Wildman–Crippen LogP) is 1.56. The number of nitrogens with zero attached hydrogens (tertiary/aromatic N) is 2. The van der Waals surface area contributed by atoms with E-state index < -0.39 is 6.04 Å². The van der Waals surface area contributed by atoms with Crippen LogP contribution in [0.5, 0.6) is 0 Å². The van der Waals surface area contributed by atoms with Crippen LogP contribution in [0.1, 0.15) is 18.0 Å². The number of methoxy groups -OCH3 is 1. The van der Waals surface area contributed by atoms with E-state index in [1.54, 1.807) is 17.9 Å². The molecule has 6 heteroatoms. The zero-order chi connectivity index (χ0) is 15.1. The first-order valence-corrected chi connectivity index (χ1v) is 6.84. The van der Waals surface area contributed by atoms with E-state index in [1.165, 1.54) is 0 Å². The average molecular weight is 288 g/mol. The summed E-state index contributed by atoms with van der Waals surface area (Å²) in [7, 11) is 1.67. The molecule has 0 spiro atoms. The lowest BCUT2D eigenvalue weighted by molar-refractivity contribution is -0.117. The fraction of sp³-hybridized carbons (Fsp3) is 0.333. The molecule has 0 aliphatic carbocycles. The molecule has 0 aliphatic rings. The van der Waals surface area contributed by atoms with Crippen molar-refractivity contribution in [2.75, 3.05) is 19.0 Å². The molecule has 1 amide bonds. The van der Waals surface area contributed by atoms with Crippen LogP contribution in [0.3, 0.4) is 0 Å². The van der Waals surface area contributed by atoms with Gasteiger partial charge < -0.3 is 15.8 Å². The Morgan fingerprint density at radius 2 is 2.14 bits per heavy atom. The molecule has 2 aromatic rings. The zero-order valence-electron chi connectivity index (χ0n) is 12.0. The number of hydrogen-bond donors (Lipinski definition) is 2. The number of nitrogens with one attached hydrogen (secondary N) is 1. The first-order valence-electron chi connectivity index (χ1n) is 6.84. The number of rotatable bonds is 7. The number of carbonyl (C=O) groups excluding carboxylic acids is 1. The summed E-state index contributed by atoms with van der Waals surface area (Å²) < 4.78 is 6.75. The Kier molecular flexibility index (Phi) is 5.48. The van der Waals surface area contributed by atoms with Crippen molar-refractivity contribution in [2.45, 2.75) is 19.0 Å². The van der Waals surface area contributed by atoms with Gasteiger partial charge in [-0.15, -0.1) is 0 Å². The van der Waals surface area contributed by atoms with Crippen molar-refractivity contribution in [2.24, 2.45) is 5.73 Å². The zero-order valence-corrected chi connectivity index (χ0v) is 12.0. The number of amides is 1. The smallest absolute Gasteiger partial charge is 0.247 e. The van der Waals surface area contributed by atoms with Gasteiger partial charge in [-0.1, -0.05) is 30.3 Å². The number of nitrogens with two attached hydrogens (primary N) is 1. The molecule has 2 rings (SSSR count). The third-order valence-corrected chi connectivity index (χ3v) is 3.07. The van der Waals surface area contributed by atoms with Crippen LogP contribution in [0.15, 0.2) is 42.6 Å². The number of carbonyl (C=O) groups is 1. The number of aryl methyl sites for hydroxylation is 1. The fourth-order valence-corrected chi connectivity index (χ4v) is 1.94. The van der Waals surface area contributed by atoms with Crippen LogP contribution >= 0.6 is 0 Å². The van der Waals surface area contributed by atoms with E-state index >= 15 is 0 Å². The Bertz CT molecular complexity index is 568. The highest BCUT2D eigenvalue weighted by molar-refractivity contribution is 5.94. The molecule has 112 valence electrons. The fourth-order valence-electron chi connectivity index (χ4n) is 1.94. The van der Waals surface area contributed by atoms with Gasteiger partial charge >= 0.3 is 0 Å². The van der Waals surface area contributed by atoms with Gasteiger partial charge in [0.05, 0.1) is 0 Å². The first-order chi connectivity index (χ1) is 10.2. The highest BCUT2D eigenvalue weighted by Crippen LogP contribution is 2.12. The minimum atomic E-state index is -0.704. The molecule has 1 unspecified atom stereocenters. The second-order valence-electron chi connectivity index (χ2n) is 4.69. The number of aromatic nitrogens is 2. The van der Waals surface area contributed by atoms with Crippen molar-refractivity contribution in [1.82, 2.24) is 9.78 Å². The molecule has 3 N–H and O–H groups in total. The van der Waals surface area contributed by atoms with Crippen molar-refractivity contribution in [3.8, 4) is 0 Å². The lowest BCUT2D eigenvalue weighted by Crippen LogP contribution is -2.27.